The molecule has 3 aromatic rings. The standard InChI is InChI=1S/C23H18ClN3O4S/c1-31-22(30)16-7-2-5-14(11-16)21(29)27-23(32)26-18-9-3-6-15(12-18)20(28)25-19-10-4-8-17(24)13-19/h2-13H,1H3,(H,25,28)(H2,26,27,29,32). The summed E-state index contributed by atoms with van der Waals surface area (Å²) in [7, 11) is 1.26. The molecule has 2 amide bonds. The van der Waals surface area contributed by atoms with Crippen molar-refractivity contribution in [3.05, 3.63) is 94.5 Å². The van der Waals surface area contributed by atoms with E-state index >= 15 is 0 Å². The van der Waals surface area contributed by atoms with E-state index in [0.717, 1.165) is 0 Å². The number of rotatable bonds is 5. The molecule has 0 aliphatic heterocycles. The van der Waals surface area contributed by atoms with E-state index in [1.165, 1.54) is 13.2 Å². The minimum absolute atomic E-state index is 0.0332. The van der Waals surface area contributed by atoms with E-state index in [2.05, 4.69) is 20.7 Å². The van der Waals surface area contributed by atoms with Gasteiger partial charge in [-0.05, 0) is 66.8 Å². The second-order valence-corrected chi connectivity index (χ2v) is 7.37. The van der Waals surface area contributed by atoms with Crippen LogP contribution in [-0.2, 0) is 4.74 Å². The Morgan fingerprint density at radius 2 is 1.38 bits per heavy atom. The summed E-state index contributed by atoms with van der Waals surface area (Å²) in [5.74, 6) is -1.37. The van der Waals surface area contributed by atoms with Crippen molar-refractivity contribution in [1.29, 1.82) is 0 Å². The lowest BCUT2D eigenvalue weighted by Gasteiger charge is -2.11. The summed E-state index contributed by atoms with van der Waals surface area (Å²) in [5, 5.41) is 8.71. The topological polar surface area (TPSA) is 96.5 Å². The van der Waals surface area contributed by atoms with Crippen LogP contribution in [0.15, 0.2) is 72.8 Å². The number of thiocarbonyl (C=S) groups is 1. The molecule has 0 atom stereocenters. The zero-order valence-electron chi connectivity index (χ0n) is 16.8. The summed E-state index contributed by atoms with van der Waals surface area (Å²) < 4.78 is 4.66. The van der Waals surface area contributed by atoms with Gasteiger partial charge >= 0.3 is 5.97 Å². The third-order valence-electron chi connectivity index (χ3n) is 4.24. The van der Waals surface area contributed by atoms with Gasteiger partial charge in [0, 0.05) is 27.5 Å². The van der Waals surface area contributed by atoms with E-state index in [4.69, 9.17) is 23.8 Å². The average Bonchev–Trinajstić information content (AvgIpc) is 2.78. The van der Waals surface area contributed by atoms with Gasteiger partial charge in [-0.1, -0.05) is 29.8 Å². The predicted octanol–water partition coefficient (Wildman–Crippen LogP) is 4.51. The van der Waals surface area contributed by atoms with Gasteiger partial charge in [0.2, 0.25) is 0 Å². The van der Waals surface area contributed by atoms with Crippen molar-refractivity contribution in [3.8, 4) is 0 Å². The summed E-state index contributed by atoms with van der Waals surface area (Å²) in [5.41, 5.74) is 1.95. The molecule has 0 aromatic heterocycles. The van der Waals surface area contributed by atoms with Crippen LogP contribution in [-0.4, -0.2) is 30.0 Å². The third-order valence-corrected chi connectivity index (χ3v) is 4.68. The lowest BCUT2D eigenvalue weighted by Crippen LogP contribution is -2.34. The van der Waals surface area contributed by atoms with E-state index in [-0.39, 0.29) is 22.1 Å². The largest absolute Gasteiger partial charge is 0.465 e. The number of nitrogens with one attached hydrogen (secondary N) is 3. The van der Waals surface area contributed by atoms with E-state index in [0.29, 0.717) is 22.0 Å². The van der Waals surface area contributed by atoms with Gasteiger partial charge in [-0.3, -0.25) is 14.9 Å². The highest BCUT2D eigenvalue weighted by Gasteiger charge is 2.13. The second kappa shape index (κ2) is 10.5. The van der Waals surface area contributed by atoms with Crippen molar-refractivity contribution < 1.29 is 19.1 Å². The Bertz CT molecular complexity index is 1200. The molecule has 3 rings (SSSR count). The number of hydrogen-bond donors (Lipinski definition) is 3. The average molecular weight is 468 g/mol. The molecule has 7 nitrogen and oxygen atoms in total. The van der Waals surface area contributed by atoms with E-state index < -0.39 is 11.9 Å². The van der Waals surface area contributed by atoms with Crippen molar-refractivity contribution in [2.45, 2.75) is 0 Å². The Kier molecular flexibility index (Phi) is 7.54. The quantitative estimate of drug-likeness (QED) is 0.377. The zero-order chi connectivity index (χ0) is 23.1. The van der Waals surface area contributed by atoms with Gasteiger partial charge in [-0.25, -0.2) is 4.79 Å². The number of hydrogen-bond acceptors (Lipinski definition) is 5. The zero-order valence-corrected chi connectivity index (χ0v) is 18.4. The number of carbonyl (C=O) groups is 3. The van der Waals surface area contributed by atoms with Crippen molar-refractivity contribution >= 4 is 58.1 Å². The van der Waals surface area contributed by atoms with Crippen molar-refractivity contribution in [2.24, 2.45) is 0 Å². The minimum Gasteiger partial charge on any atom is -0.465 e. The van der Waals surface area contributed by atoms with E-state index in [9.17, 15) is 14.4 Å². The van der Waals surface area contributed by atoms with Crippen molar-refractivity contribution in [3.63, 3.8) is 0 Å². The highest BCUT2D eigenvalue weighted by Crippen LogP contribution is 2.17. The molecule has 32 heavy (non-hydrogen) atoms. The molecule has 9 heteroatoms. The molecule has 0 unspecified atom stereocenters. The Morgan fingerprint density at radius 3 is 2.06 bits per heavy atom. The predicted molar refractivity (Wildman–Crippen MR) is 127 cm³/mol. The number of anilines is 2. The molecular weight excluding hydrogens is 450 g/mol. The molecule has 0 aliphatic carbocycles. The molecule has 0 spiro atoms. The van der Waals surface area contributed by atoms with Crippen LogP contribution in [0.5, 0.6) is 0 Å². The highest BCUT2D eigenvalue weighted by atomic mass is 35.5. The second-order valence-electron chi connectivity index (χ2n) is 6.53. The Hall–Kier alpha value is -3.75. The van der Waals surface area contributed by atoms with E-state index in [1.54, 1.807) is 66.7 Å². The normalized spacial score (nSPS) is 10.1. The van der Waals surface area contributed by atoms with Gasteiger partial charge in [0.15, 0.2) is 5.11 Å². The summed E-state index contributed by atoms with van der Waals surface area (Å²) in [6.45, 7) is 0. The van der Waals surface area contributed by atoms with Crippen LogP contribution in [0.2, 0.25) is 5.02 Å². The number of carbonyl (C=O) groups excluding carboxylic acids is 3. The Labute approximate surface area is 194 Å². The van der Waals surface area contributed by atoms with Crippen molar-refractivity contribution in [2.75, 3.05) is 17.7 Å². The number of benzene rings is 3. The lowest BCUT2D eigenvalue weighted by atomic mass is 10.1. The third kappa shape index (κ3) is 6.13. The molecule has 3 aromatic carbocycles. The summed E-state index contributed by atoms with van der Waals surface area (Å²) in [6, 6.07) is 19.5. The maximum Gasteiger partial charge on any atom is 0.337 e. The highest BCUT2D eigenvalue weighted by molar-refractivity contribution is 7.80. The number of amides is 2. The molecular formula is C23H18ClN3O4S. The Balaban J connectivity index is 1.64. The molecule has 0 saturated heterocycles. The fraction of sp³-hybridized carbons (Fsp3) is 0.0435. The molecule has 0 radical (unpaired) electrons. The van der Waals surface area contributed by atoms with Crippen LogP contribution >= 0.6 is 23.8 Å². The number of halogens is 1. The van der Waals surface area contributed by atoms with Crippen LogP contribution < -0.4 is 16.0 Å². The van der Waals surface area contributed by atoms with Crippen LogP contribution in [0.3, 0.4) is 0 Å². The smallest absolute Gasteiger partial charge is 0.337 e. The summed E-state index contributed by atoms with van der Waals surface area (Å²) in [6.07, 6.45) is 0. The Morgan fingerprint density at radius 1 is 0.781 bits per heavy atom. The maximum atomic E-state index is 12.5. The molecule has 0 heterocycles. The molecule has 3 N–H and O–H groups in total. The summed E-state index contributed by atoms with van der Waals surface area (Å²) >= 11 is 11.1. The molecule has 0 aliphatic rings. The molecule has 0 fully saturated rings. The van der Waals surface area contributed by atoms with Gasteiger partial charge in [0.05, 0.1) is 12.7 Å². The van der Waals surface area contributed by atoms with Crippen LogP contribution in [0, 0.1) is 0 Å². The van der Waals surface area contributed by atoms with E-state index in [1.807, 2.05) is 0 Å². The SMILES string of the molecule is COC(=O)c1cccc(C(=O)NC(=S)Nc2cccc(C(=O)Nc3cccc(Cl)c3)c2)c1. The number of ether oxygens (including phenoxy) is 1. The molecule has 162 valence electrons. The van der Waals surface area contributed by atoms with Gasteiger partial charge < -0.3 is 15.4 Å². The maximum absolute atomic E-state index is 12.5. The monoisotopic (exact) mass is 467 g/mol. The van der Waals surface area contributed by atoms with Gasteiger partial charge in [0.25, 0.3) is 11.8 Å². The fourth-order valence-electron chi connectivity index (χ4n) is 2.75. The first-order valence-corrected chi connectivity index (χ1v) is 10.1. The van der Waals surface area contributed by atoms with Crippen LogP contribution in [0.25, 0.3) is 0 Å². The van der Waals surface area contributed by atoms with Gasteiger partial charge in [0.1, 0.15) is 0 Å². The van der Waals surface area contributed by atoms with Crippen LogP contribution in [0.4, 0.5) is 11.4 Å². The first kappa shape index (κ1) is 22.9. The van der Waals surface area contributed by atoms with Gasteiger partial charge in [-0.2, -0.15) is 0 Å². The van der Waals surface area contributed by atoms with Crippen LogP contribution in [0.1, 0.15) is 31.1 Å². The molecule has 0 saturated carbocycles. The van der Waals surface area contributed by atoms with Crippen molar-refractivity contribution in [1.82, 2.24) is 5.32 Å². The summed E-state index contributed by atoms with van der Waals surface area (Å²) in [4.78, 5) is 36.6. The van der Waals surface area contributed by atoms with Gasteiger partial charge in [-0.15, -0.1) is 0 Å². The lowest BCUT2D eigenvalue weighted by molar-refractivity contribution is 0.0600. The number of esters is 1. The molecule has 0 bridgehead atoms. The first-order chi connectivity index (χ1) is 15.4. The minimum atomic E-state index is -0.548. The number of methoxy groups -OCH3 is 1. The first-order valence-electron chi connectivity index (χ1n) is 9.33. The fourth-order valence-corrected chi connectivity index (χ4v) is 3.15.